The predicted molar refractivity (Wildman–Crippen MR) is 67.8 cm³/mol. The summed E-state index contributed by atoms with van der Waals surface area (Å²) in [5, 5.41) is 15.4. The Bertz CT molecular complexity index is 650. The maximum Gasteiger partial charge on any atom is 0.334 e. The van der Waals surface area contributed by atoms with Gasteiger partial charge >= 0.3 is 5.69 Å². The van der Waals surface area contributed by atoms with Gasteiger partial charge in [-0.05, 0) is 26.8 Å². The van der Waals surface area contributed by atoms with Crippen molar-refractivity contribution in [1.82, 2.24) is 19.7 Å². The summed E-state index contributed by atoms with van der Waals surface area (Å²) >= 11 is 0. The molecule has 0 fully saturated rings. The minimum absolute atomic E-state index is 0.0936. The van der Waals surface area contributed by atoms with E-state index >= 15 is 0 Å². The molecule has 100 valence electrons. The van der Waals surface area contributed by atoms with E-state index in [1.54, 1.807) is 19.9 Å². The molecule has 0 aliphatic rings. The zero-order valence-electron chi connectivity index (χ0n) is 10.7. The minimum atomic E-state index is -0.526. The fourth-order valence-electron chi connectivity index (χ4n) is 1.82. The van der Waals surface area contributed by atoms with Gasteiger partial charge in [-0.15, -0.1) is 0 Å². The third kappa shape index (κ3) is 2.22. The Balaban J connectivity index is 2.76. The molecule has 2 rings (SSSR count). The van der Waals surface area contributed by atoms with Crippen molar-refractivity contribution < 1.29 is 4.92 Å². The molecule has 0 unspecified atom stereocenters. The number of hydrogen-bond acceptors (Lipinski definition) is 7. The summed E-state index contributed by atoms with van der Waals surface area (Å²) in [7, 11) is 0. The van der Waals surface area contributed by atoms with Crippen LogP contribution in [0.1, 0.15) is 17.1 Å². The van der Waals surface area contributed by atoms with E-state index in [-0.39, 0.29) is 23.1 Å². The molecule has 3 N–H and O–H groups in total. The lowest BCUT2D eigenvalue weighted by Gasteiger charge is -2.08. The molecule has 0 aliphatic carbocycles. The van der Waals surface area contributed by atoms with Gasteiger partial charge in [0.1, 0.15) is 5.69 Å². The largest absolute Gasteiger partial charge is 0.334 e. The summed E-state index contributed by atoms with van der Waals surface area (Å²) in [5.41, 5.74) is 3.79. The first kappa shape index (κ1) is 12.9. The Morgan fingerprint density at radius 1 is 1.37 bits per heavy atom. The van der Waals surface area contributed by atoms with Crippen molar-refractivity contribution in [1.29, 1.82) is 0 Å². The van der Waals surface area contributed by atoms with Gasteiger partial charge in [0.05, 0.1) is 10.6 Å². The lowest BCUT2D eigenvalue weighted by atomic mass is 10.3. The van der Waals surface area contributed by atoms with Crippen LogP contribution in [-0.4, -0.2) is 24.7 Å². The fraction of sp³-hybridized carbons (Fsp3) is 0.300. The monoisotopic (exact) mass is 263 g/mol. The summed E-state index contributed by atoms with van der Waals surface area (Å²) in [6, 6.07) is 1.80. The number of hydrazine groups is 1. The summed E-state index contributed by atoms with van der Waals surface area (Å²) in [5.74, 6) is 5.46. The predicted octanol–water partition coefficient (Wildman–Crippen LogP) is 0.781. The fourth-order valence-corrected chi connectivity index (χ4v) is 1.82. The summed E-state index contributed by atoms with van der Waals surface area (Å²) in [4.78, 5) is 18.6. The van der Waals surface area contributed by atoms with Crippen LogP contribution in [0, 0.1) is 30.9 Å². The van der Waals surface area contributed by atoms with Gasteiger partial charge in [-0.3, -0.25) is 15.5 Å². The molecule has 0 spiro atoms. The van der Waals surface area contributed by atoms with Crippen molar-refractivity contribution in [2.24, 2.45) is 5.84 Å². The molecular weight excluding hydrogens is 250 g/mol. The van der Waals surface area contributed by atoms with E-state index in [0.29, 0.717) is 0 Å². The Hall–Kier alpha value is -2.55. The molecule has 2 aromatic rings. The van der Waals surface area contributed by atoms with E-state index < -0.39 is 4.92 Å². The summed E-state index contributed by atoms with van der Waals surface area (Å²) in [6.45, 7) is 5.11. The molecule has 0 atom stereocenters. The number of nitrogens with zero attached hydrogens (tertiary/aromatic N) is 5. The Morgan fingerprint density at radius 2 is 2.05 bits per heavy atom. The second-order valence-electron chi connectivity index (χ2n) is 4.05. The minimum Gasteiger partial charge on any atom is -0.292 e. The van der Waals surface area contributed by atoms with E-state index in [1.807, 2.05) is 0 Å². The number of nitro groups is 1. The third-order valence-corrected chi connectivity index (χ3v) is 2.56. The summed E-state index contributed by atoms with van der Waals surface area (Å²) in [6.07, 6.45) is 0. The van der Waals surface area contributed by atoms with Gasteiger partial charge in [0.15, 0.2) is 0 Å². The maximum absolute atomic E-state index is 11.2. The summed E-state index contributed by atoms with van der Waals surface area (Å²) < 4.78 is 1.41. The molecule has 0 radical (unpaired) electrons. The van der Waals surface area contributed by atoms with Gasteiger partial charge < -0.3 is 0 Å². The number of nitrogens with two attached hydrogens (primary N) is 1. The molecular formula is C10H13N7O2. The SMILES string of the molecule is Cc1cc(C)n(-c2nc(NN)nc(C)c2[N+](=O)[O-])n1. The molecule has 19 heavy (non-hydrogen) atoms. The highest BCUT2D eigenvalue weighted by Crippen LogP contribution is 2.25. The highest BCUT2D eigenvalue weighted by molar-refractivity contribution is 5.53. The molecule has 2 heterocycles. The number of rotatable bonds is 3. The quantitative estimate of drug-likeness (QED) is 0.476. The highest BCUT2D eigenvalue weighted by atomic mass is 16.6. The number of aromatic nitrogens is 4. The van der Waals surface area contributed by atoms with Crippen LogP contribution in [0.3, 0.4) is 0 Å². The molecule has 9 nitrogen and oxygen atoms in total. The van der Waals surface area contributed by atoms with Crippen LogP contribution >= 0.6 is 0 Å². The molecule has 0 bridgehead atoms. The Morgan fingerprint density at radius 3 is 2.53 bits per heavy atom. The zero-order chi connectivity index (χ0) is 14.2. The van der Waals surface area contributed by atoms with Crippen LogP contribution in [0.25, 0.3) is 5.82 Å². The maximum atomic E-state index is 11.2. The van der Waals surface area contributed by atoms with Crippen molar-refractivity contribution in [3.05, 3.63) is 33.3 Å². The van der Waals surface area contributed by atoms with Gasteiger partial charge in [-0.25, -0.2) is 15.5 Å². The second kappa shape index (κ2) is 4.61. The first-order valence-electron chi connectivity index (χ1n) is 5.47. The van der Waals surface area contributed by atoms with Crippen LogP contribution in [-0.2, 0) is 0 Å². The van der Waals surface area contributed by atoms with Crippen LogP contribution < -0.4 is 11.3 Å². The molecule has 0 amide bonds. The van der Waals surface area contributed by atoms with Gasteiger partial charge in [-0.1, -0.05) is 0 Å². The van der Waals surface area contributed by atoms with E-state index in [9.17, 15) is 10.1 Å². The smallest absolute Gasteiger partial charge is 0.292 e. The van der Waals surface area contributed by atoms with Gasteiger partial charge in [-0.2, -0.15) is 10.1 Å². The standard InChI is InChI=1S/C10H13N7O2/c1-5-4-6(2)16(15-5)9-8(17(18)19)7(3)12-10(13-9)14-11/h4H,11H2,1-3H3,(H,12,13,14). The van der Waals surface area contributed by atoms with Crippen molar-refractivity contribution in [2.75, 3.05) is 5.43 Å². The molecule has 0 aliphatic heterocycles. The van der Waals surface area contributed by atoms with Crippen molar-refractivity contribution in [2.45, 2.75) is 20.8 Å². The van der Waals surface area contributed by atoms with Crippen LogP contribution in [0.2, 0.25) is 0 Å². The average molecular weight is 263 g/mol. The molecule has 9 heteroatoms. The first-order valence-corrected chi connectivity index (χ1v) is 5.47. The van der Waals surface area contributed by atoms with E-state index in [2.05, 4.69) is 20.5 Å². The number of anilines is 1. The molecule has 0 saturated carbocycles. The lowest BCUT2D eigenvalue weighted by molar-refractivity contribution is -0.385. The van der Waals surface area contributed by atoms with Crippen LogP contribution in [0.4, 0.5) is 11.6 Å². The average Bonchev–Trinajstić information content (AvgIpc) is 2.66. The van der Waals surface area contributed by atoms with E-state index in [0.717, 1.165) is 11.4 Å². The molecule has 2 aromatic heterocycles. The van der Waals surface area contributed by atoms with Gasteiger partial charge in [0.25, 0.3) is 0 Å². The Labute approximate surface area is 108 Å². The number of aryl methyl sites for hydroxylation is 3. The van der Waals surface area contributed by atoms with E-state index in [1.165, 1.54) is 11.6 Å². The third-order valence-electron chi connectivity index (χ3n) is 2.56. The normalized spacial score (nSPS) is 10.5. The topological polar surface area (TPSA) is 125 Å². The number of nitrogen functional groups attached to an aromatic ring is 1. The van der Waals surface area contributed by atoms with Crippen LogP contribution in [0.5, 0.6) is 0 Å². The first-order chi connectivity index (χ1) is 8.93. The van der Waals surface area contributed by atoms with E-state index in [4.69, 9.17) is 5.84 Å². The number of hydrogen-bond donors (Lipinski definition) is 2. The van der Waals surface area contributed by atoms with Crippen LogP contribution in [0.15, 0.2) is 6.07 Å². The molecule has 0 aromatic carbocycles. The zero-order valence-corrected chi connectivity index (χ0v) is 10.7. The van der Waals surface area contributed by atoms with Crippen molar-refractivity contribution in [3.8, 4) is 5.82 Å². The van der Waals surface area contributed by atoms with Crippen molar-refractivity contribution >= 4 is 11.6 Å². The van der Waals surface area contributed by atoms with Gasteiger partial charge in [0.2, 0.25) is 11.8 Å². The van der Waals surface area contributed by atoms with Crippen molar-refractivity contribution in [3.63, 3.8) is 0 Å². The lowest BCUT2D eigenvalue weighted by Crippen LogP contribution is -2.15. The Kier molecular flexibility index (Phi) is 3.13. The number of nitrogens with one attached hydrogen (secondary N) is 1. The van der Waals surface area contributed by atoms with Gasteiger partial charge in [0, 0.05) is 5.69 Å². The second-order valence-corrected chi connectivity index (χ2v) is 4.05. The molecule has 0 saturated heterocycles. The highest BCUT2D eigenvalue weighted by Gasteiger charge is 2.25.